The predicted octanol–water partition coefficient (Wildman–Crippen LogP) is 3.82. The minimum atomic E-state index is -1.43. The zero-order valence-electron chi connectivity index (χ0n) is 10.2. The van der Waals surface area contributed by atoms with Crippen LogP contribution in [0.25, 0.3) is 0 Å². The van der Waals surface area contributed by atoms with Crippen LogP contribution >= 0.6 is 0 Å². The second kappa shape index (κ2) is 5.52. The summed E-state index contributed by atoms with van der Waals surface area (Å²) in [5.74, 6) is 0.968. The third-order valence-corrected chi connectivity index (χ3v) is 3.09. The smallest absolute Gasteiger partial charge is 0.184 e. The van der Waals surface area contributed by atoms with Gasteiger partial charge in [-0.25, -0.2) is 0 Å². The monoisotopic (exact) mass is 226 g/mol. The minimum absolute atomic E-state index is 0.265. The lowest BCUT2D eigenvalue weighted by Gasteiger charge is -2.24. The van der Waals surface area contributed by atoms with Crippen LogP contribution < -0.4 is 0 Å². The Labute approximate surface area is 94.1 Å². The van der Waals surface area contributed by atoms with Gasteiger partial charge in [0, 0.05) is 0 Å². The second-order valence-corrected chi connectivity index (χ2v) is 9.37. The van der Waals surface area contributed by atoms with Crippen molar-refractivity contribution in [2.75, 3.05) is 0 Å². The van der Waals surface area contributed by atoms with Crippen molar-refractivity contribution in [2.24, 2.45) is 0 Å². The Bertz CT molecular complexity index is 251. The highest BCUT2D eigenvalue weighted by Crippen LogP contribution is 2.18. The van der Waals surface area contributed by atoms with E-state index < -0.39 is 8.32 Å². The van der Waals surface area contributed by atoms with Crippen molar-refractivity contribution in [3.05, 3.63) is 24.2 Å². The Morgan fingerprint density at radius 2 is 2.13 bits per heavy atom. The Kier molecular flexibility index (Phi) is 4.61. The highest BCUT2D eigenvalue weighted by Gasteiger charge is 2.19. The van der Waals surface area contributed by atoms with Gasteiger partial charge in [-0.1, -0.05) is 25.8 Å². The average molecular weight is 226 g/mol. The van der Waals surface area contributed by atoms with E-state index >= 15 is 0 Å². The fourth-order valence-corrected chi connectivity index (χ4v) is 2.47. The molecule has 1 heterocycles. The molecule has 1 unspecified atom stereocenters. The van der Waals surface area contributed by atoms with Crippen LogP contribution in [0, 0.1) is 0 Å². The molecule has 2 nitrogen and oxygen atoms in total. The molecule has 0 aromatic rings. The maximum absolute atomic E-state index is 6.09. The summed E-state index contributed by atoms with van der Waals surface area (Å²) in [4.78, 5) is 0. The molecule has 0 amide bonds. The van der Waals surface area contributed by atoms with Crippen molar-refractivity contribution in [1.29, 1.82) is 0 Å². The SMILES string of the molecule is CCCCC(C=CC1=CO1)O[Si](C)(C)C. The van der Waals surface area contributed by atoms with Gasteiger partial charge in [-0.15, -0.1) is 0 Å². The van der Waals surface area contributed by atoms with Crippen molar-refractivity contribution >= 4 is 8.32 Å². The highest BCUT2D eigenvalue weighted by atomic mass is 28.4. The molecule has 0 fully saturated rings. The molecule has 1 rings (SSSR count). The van der Waals surface area contributed by atoms with E-state index in [0.717, 1.165) is 12.2 Å². The lowest BCUT2D eigenvalue weighted by atomic mass is 10.1. The van der Waals surface area contributed by atoms with Gasteiger partial charge in [-0.2, -0.15) is 0 Å². The van der Waals surface area contributed by atoms with E-state index in [1.54, 1.807) is 6.26 Å². The summed E-state index contributed by atoms with van der Waals surface area (Å²) in [7, 11) is -1.43. The molecule has 0 bridgehead atoms. The van der Waals surface area contributed by atoms with Gasteiger partial charge in [-0.3, -0.25) is 0 Å². The third-order valence-electron chi connectivity index (χ3n) is 2.08. The largest absolute Gasteiger partial charge is 0.458 e. The van der Waals surface area contributed by atoms with Crippen LogP contribution in [0.2, 0.25) is 19.6 Å². The topological polar surface area (TPSA) is 21.8 Å². The lowest BCUT2D eigenvalue weighted by Crippen LogP contribution is -2.31. The fraction of sp³-hybridized carbons (Fsp3) is 0.667. The van der Waals surface area contributed by atoms with Gasteiger partial charge >= 0.3 is 0 Å². The molecule has 1 aliphatic heterocycles. The van der Waals surface area contributed by atoms with Gasteiger partial charge in [0.2, 0.25) is 0 Å². The first-order valence-corrected chi connectivity index (χ1v) is 9.15. The van der Waals surface area contributed by atoms with Crippen molar-refractivity contribution in [1.82, 2.24) is 0 Å². The molecule has 0 aromatic carbocycles. The molecular formula is C12H22O2Si. The standard InChI is InChI=1S/C12H22O2Si/c1-5-6-7-11(14-15(2,3)4)8-9-12-10-13-12/h8-11H,5-7H2,1-4H3. The highest BCUT2D eigenvalue weighted by molar-refractivity contribution is 6.69. The summed E-state index contributed by atoms with van der Waals surface area (Å²) in [6.07, 6.45) is 9.72. The Morgan fingerprint density at radius 1 is 1.47 bits per heavy atom. The summed E-state index contributed by atoms with van der Waals surface area (Å²) in [5, 5.41) is 0. The normalized spacial score (nSPS) is 17.5. The van der Waals surface area contributed by atoms with Crippen LogP contribution in [-0.4, -0.2) is 14.4 Å². The molecule has 0 aromatic heterocycles. The van der Waals surface area contributed by atoms with Gasteiger partial charge < -0.3 is 9.16 Å². The number of hydrogen-bond acceptors (Lipinski definition) is 2. The molecule has 86 valence electrons. The molecule has 0 radical (unpaired) electrons. The molecule has 15 heavy (non-hydrogen) atoms. The Balaban J connectivity index is 2.40. The zero-order chi connectivity index (χ0) is 11.3. The van der Waals surface area contributed by atoms with E-state index in [-0.39, 0.29) is 6.10 Å². The van der Waals surface area contributed by atoms with Crippen molar-refractivity contribution in [2.45, 2.75) is 51.9 Å². The molecule has 0 N–H and O–H groups in total. The van der Waals surface area contributed by atoms with E-state index in [2.05, 4.69) is 32.6 Å². The van der Waals surface area contributed by atoms with Crippen LogP contribution in [0.3, 0.4) is 0 Å². The maximum atomic E-state index is 6.09. The quantitative estimate of drug-likeness (QED) is 0.615. The number of unbranched alkanes of at least 4 members (excludes halogenated alkanes) is 1. The lowest BCUT2D eigenvalue weighted by molar-refractivity contribution is 0.227. The first kappa shape index (κ1) is 12.5. The Hall–Kier alpha value is -0.543. The van der Waals surface area contributed by atoms with Gasteiger partial charge in [-0.05, 0) is 32.1 Å². The van der Waals surface area contributed by atoms with Gasteiger partial charge in [0.15, 0.2) is 14.1 Å². The van der Waals surface area contributed by atoms with Gasteiger partial charge in [0.25, 0.3) is 0 Å². The molecule has 3 heteroatoms. The maximum Gasteiger partial charge on any atom is 0.184 e. The van der Waals surface area contributed by atoms with Gasteiger partial charge in [0.1, 0.15) is 6.26 Å². The summed E-state index contributed by atoms with van der Waals surface area (Å²) in [6, 6.07) is 0. The van der Waals surface area contributed by atoms with Crippen LogP contribution in [0.4, 0.5) is 0 Å². The summed E-state index contributed by atoms with van der Waals surface area (Å²) in [5.41, 5.74) is 0. The molecule has 0 saturated carbocycles. The first-order valence-electron chi connectivity index (χ1n) is 5.74. The van der Waals surface area contributed by atoms with E-state index in [1.807, 2.05) is 6.08 Å². The van der Waals surface area contributed by atoms with Crippen LogP contribution in [-0.2, 0) is 9.16 Å². The van der Waals surface area contributed by atoms with Crippen LogP contribution in [0.5, 0.6) is 0 Å². The summed E-state index contributed by atoms with van der Waals surface area (Å²) >= 11 is 0. The predicted molar refractivity (Wildman–Crippen MR) is 66.1 cm³/mol. The van der Waals surface area contributed by atoms with Crippen molar-refractivity contribution in [3.8, 4) is 0 Å². The van der Waals surface area contributed by atoms with Crippen LogP contribution in [0.15, 0.2) is 24.2 Å². The van der Waals surface area contributed by atoms with Gasteiger partial charge in [0.05, 0.1) is 6.10 Å². The molecule has 0 spiro atoms. The summed E-state index contributed by atoms with van der Waals surface area (Å²) < 4.78 is 11.0. The van der Waals surface area contributed by atoms with E-state index in [0.29, 0.717) is 0 Å². The molecule has 1 atom stereocenters. The van der Waals surface area contributed by atoms with Crippen molar-refractivity contribution in [3.63, 3.8) is 0 Å². The second-order valence-electron chi connectivity index (χ2n) is 4.91. The van der Waals surface area contributed by atoms with E-state index in [1.165, 1.54) is 12.8 Å². The third kappa shape index (κ3) is 6.52. The number of ether oxygens (including phenoxy) is 1. The molecule has 0 saturated heterocycles. The molecule has 0 aliphatic carbocycles. The summed E-state index contributed by atoms with van der Waals surface area (Å²) in [6.45, 7) is 8.90. The fourth-order valence-electron chi connectivity index (χ4n) is 1.37. The van der Waals surface area contributed by atoms with Crippen LogP contribution in [0.1, 0.15) is 26.2 Å². The Morgan fingerprint density at radius 3 is 2.60 bits per heavy atom. The molecular weight excluding hydrogens is 204 g/mol. The van der Waals surface area contributed by atoms with E-state index in [4.69, 9.17) is 9.16 Å². The minimum Gasteiger partial charge on any atom is -0.458 e. The molecule has 1 aliphatic rings. The number of rotatable bonds is 7. The van der Waals surface area contributed by atoms with E-state index in [9.17, 15) is 0 Å². The number of allylic oxidation sites excluding steroid dienone is 1. The first-order chi connectivity index (χ1) is 7.01. The van der Waals surface area contributed by atoms with Crippen molar-refractivity contribution < 1.29 is 9.16 Å². The number of hydrogen-bond donors (Lipinski definition) is 0. The average Bonchev–Trinajstić information content (AvgIpc) is 2.91. The zero-order valence-corrected chi connectivity index (χ0v) is 11.2.